The zero-order valence-corrected chi connectivity index (χ0v) is 21.8. The van der Waals surface area contributed by atoms with Gasteiger partial charge in [-0.1, -0.05) is 66.7 Å². The van der Waals surface area contributed by atoms with E-state index in [0.29, 0.717) is 19.3 Å². The summed E-state index contributed by atoms with van der Waals surface area (Å²) in [6.45, 7) is 5.16. The van der Waals surface area contributed by atoms with Crippen molar-refractivity contribution in [2.45, 2.75) is 45.1 Å². The summed E-state index contributed by atoms with van der Waals surface area (Å²) in [7, 11) is 1.81. The zero-order chi connectivity index (χ0) is 22.2. The number of aliphatic imine (C=N–C) groups is 1. The standard InChI is InChI=1S/C27H33N3O2.HI/c1-20(25-9-5-7-23-6-3-4-8-26(23)25)30-27(28-2)29-18-21-10-12-22(13-11-21)19-32-24-14-16-31-17-15-24;/h3-13,20,24H,14-19H2,1-2H3,(H2,28,29,30);1H. The van der Waals surface area contributed by atoms with Gasteiger partial charge in [-0.2, -0.15) is 0 Å². The minimum absolute atomic E-state index is 0. The summed E-state index contributed by atoms with van der Waals surface area (Å²) in [6, 6.07) is 23.6. The third-order valence-corrected chi connectivity index (χ3v) is 6.00. The van der Waals surface area contributed by atoms with Crippen molar-refractivity contribution in [1.29, 1.82) is 0 Å². The first kappa shape index (κ1) is 25.5. The first-order valence-corrected chi connectivity index (χ1v) is 11.4. The van der Waals surface area contributed by atoms with Gasteiger partial charge >= 0.3 is 0 Å². The van der Waals surface area contributed by atoms with E-state index in [-0.39, 0.29) is 30.0 Å². The third kappa shape index (κ3) is 7.16. The highest BCUT2D eigenvalue weighted by Crippen LogP contribution is 2.24. The van der Waals surface area contributed by atoms with Crippen molar-refractivity contribution in [3.8, 4) is 0 Å². The van der Waals surface area contributed by atoms with Crippen LogP contribution in [0.4, 0.5) is 0 Å². The molecule has 5 nitrogen and oxygen atoms in total. The molecule has 6 heteroatoms. The van der Waals surface area contributed by atoms with Gasteiger partial charge in [0.2, 0.25) is 0 Å². The second kappa shape index (κ2) is 12.9. The Balaban J connectivity index is 0.00000306. The summed E-state index contributed by atoms with van der Waals surface area (Å²) in [6.07, 6.45) is 2.31. The fourth-order valence-corrected chi connectivity index (χ4v) is 4.10. The molecule has 1 aliphatic heterocycles. The van der Waals surface area contributed by atoms with Crippen LogP contribution in [-0.4, -0.2) is 32.3 Å². The highest BCUT2D eigenvalue weighted by atomic mass is 127. The number of benzene rings is 3. The molecular formula is C27H34IN3O2. The molecule has 0 spiro atoms. The van der Waals surface area contributed by atoms with Gasteiger partial charge in [0.05, 0.1) is 18.8 Å². The Morgan fingerprint density at radius 2 is 1.70 bits per heavy atom. The van der Waals surface area contributed by atoms with Crippen molar-refractivity contribution in [3.63, 3.8) is 0 Å². The molecule has 3 aromatic rings. The van der Waals surface area contributed by atoms with Crippen molar-refractivity contribution >= 4 is 40.7 Å². The second-order valence-corrected chi connectivity index (χ2v) is 8.30. The Bertz CT molecular complexity index is 1030. The fourth-order valence-electron chi connectivity index (χ4n) is 4.10. The first-order chi connectivity index (χ1) is 15.7. The summed E-state index contributed by atoms with van der Waals surface area (Å²) in [5, 5.41) is 9.47. The van der Waals surface area contributed by atoms with E-state index >= 15 is 0 Å². The topological polar surface area (TPSA) is 54.9 Å². The molecule has 1 atom stereocenters. The summed E-state index contributed by atoms with van der Waals surface area (Å²) in [4.78, 5) is 4.41. The van der Waals surface area contributed by atoms with Gasteiger partial charge in [-0.15, -0.1) is 24.0 Å². The Morgan fingerprint density at radius 1 is 1.00 bits per heavy atom. The van der Waals surface area contributed by atoms with E-state index in [2.05, 4.69) is 89.3 Å². The number of nitrogens with one attached hydrogen (secondary N) is 2. The largest absolute Gasteiger partial charge is 0.381 e. The quantitative estimate of drug-likeness (QED) is 0.226. The van der Waals surface area contributed by atoms with Crippen LogP contribution in [0, 0.1) is 0 Å². The maximum Gasteiger partial charge on any atom is 0.191 e. The molecule has 0 aliphatic carbocycles. The van der Waals surface area contributed by atoms with Crippen molar-refractivity contribution < 1.29 is 9.47 Å². The van der Waals surface area contributed by atoms with Crippen molar-refractivity contribution in [2.24, 2.45) is 4.99 Å². The van der Waals surface area contributed by atoms with Gasteiger partial charge in [-0.05, 0) is 47.2 Å². The molecule has 1 saturated heterocycles. The van der Waals surface area contributed by atoms with Crippen molar-refractivity contribution in [3.05, 3.63) is 83.4 Å². The summed E-state index contributed by atoms with van der Waals surface area (Å²) in [5.74, 6) is 0.789. The normalized spacial score (nSPS) is 15.6. The number of hydrogen-bond acceptors (Lipinski definition) is 3. The Labute approximate surface area is 214 Å². The molecule has 0 bridgehead atoms. The molecular weight excluding hydrogens is 525 g/mol. The number of ether oxygens (including phenoxy) is 2. The van der Waals surface area contributed by atoms with Crippen LogP contribution in [0.2, 0.25) is 0 Å². The summed E-state index contributed by atoms with van der Waals surface area (Å²) in [5.41, 5.74) is 3.67. The molecule has 1 heterocycles. The maximum atomic E-state index is 6.02. The van der Waals surface area contributed by atoms with Gasteiger partial charge in [0.25, 0.3) is 0 Å². The van der Waals surface area contributed by atoms with Crippen LogP contribution >= 0.6 is 24.0 Å². The van der Waals surface area contributed by atoms with E-state index < -0.39 is 0 Å². The van der Waals surface area contributed by atoms with Gasteiger partial charge in [0.15, 0.2) is 5.96 Å². The summed E-state index contributed by atoms with van der Waals surface area (Å²) >= 11 is 0. The van der Waals surface area contributed by atoms with Gasteiger partial charge < -0.3 is 20.1 Å². The number of hydrogen-bond donors (Lipinski definition) is 2. The van der Waals surface area contributed by atoms with Crippen LogP contribution in [-0.2, 0) is 22.6 Å². The fraction of sp³-hybridized carbons (Fsp3) is 0.370. The molecule has 3 aromatic carbocycles. The molecule has 33 heavy (non-hydrogen) atoms. The van der Waals surface area contributed by atoms with Crippen LogP contribution in [0.25, 0.3) is 10.8 Å². The highest BCUT2D eigenvalue weighted by Gasteiger charge is 2.14. The number of fused-ring (bicyclic) bond motifs is 1. The molecule has 4 rings (SSSR count). The smallest absolute Gasteiger partial charge is 0.191 e. The predicted octanol–water partition coefficient (Wildman–Crippen LogP) is 5.58. The van der Waals surface area contributed by atoms with Crippen LogP contribution < -0.4 is 10.6 Å². The molecule has 1 aliphatic rings. The Morgan fingerprint density at radius 3 is 2.45 bits per heavy atom. The van der Waals surface area contributed by atoms with Crippen LogP contribution in [0.3, 0.4) is 0 Å². The lowest BCUT2D eigenvalue weighted by molar-refractivity contribution is -0.0390. The van der Waals surface area contributed by atoms with Gasteiger partial charge in [0, 0.05) is 26.8 Å². The highest BCUT2D eigenvalue weighted by molar-refractivity contribution is 14.0. The third-order valence-electron chi connectivity index (χ3n) is 6.00. The maximum absolute atomic E-state index is 6.02. The zero-order valence-electron chi connectivity index (χ0n) is 19.4. The van der Waals surface area contributed by atoms with Crippen LogP contribution in [0.15, 0.2) is 71.7 Å². The van der Waals surface area contributed by atoms with E-state index in [0.717, 1.165) is 32.0 Å². The average Bonchev–Trinajstić information content (AvgIpc) is 2.86. The summed E-state index contributed by atoms with van der Waals surface area (Å²) < 4.78 is 11.4. The number of halogens is 1. The number of rotatable bonds is 7. The minimum Gasteiger partial charge on any atom is -0.381 e. The van der Waals surface area contributed by atoms with E-state index in [1.165, 1.54) is 27.5 Å². The lowest BCUT2D eigenvalue weighted by Gasteiger charge is -2.22. The SMILES string of the molecule is CN=C(NCc1ccc(COC2CCOCC2)cc1)NC(C)c1cccc2ccccc12.I. The number of nitrogens with zero attached hydrogens (tertiary/aromatic N) is 1. The molecule has 2 N–H and O–H groups in total. The van der Waals surface area contributed by atoms with Gasteiger partial charge in [-0.25, -0.2) is 0 Å². The van der Waals surface area contributed by atoms with Crippen LogP contribution in [0.1, 0.15) is 42.5 Å². The van der Waals surface area contributed by atoms with Gasteiger partial charge in [0.1, 0.15) is 0 Å². The molecule has 0 saturated carbocycles. The lowest BCUT2D eigenvalue weighted by atomic mass is 10.00. The lowest BCUT2D eigenvalue weighted by Crippen LogP contribution is -2.38. The molecule has 0 aromatic heterocycles. The van der Waals surface area contributed by atoms with Crippen molar-refractivity contribution in [2.75, 3.05) is 20.3 Å². The Hall–Kier alpha value is -2.16. The molecule has 0 radical (unpaired) electrons. The van der Waals surface area contributed by atoms with E-state index in [4.69, 9.17) is 9.47 Å². The second-order valence-electron chi connectivity index (χ2n) is 8.30. The monoisotopic (exact) mass is 559 g/mol. The molecule has 176 valence electrons. The van der Waals surface area contributed by atoms with E-state index in [1.54, 1.807) is 0 Å². The van der Waals surface area contributed by atoms with Crippen LogP contribution in [0.5, 0.6) is 0 Å². The van der Waals surface area contributed by atoms with E-state index in [9.17, 15) is 0 Å². The van der Waals surface area contributed by atoms with E-state index in [1.807, 2.05) is 7.05 Å². The van der Waals surface area contributed by atoms with Crippen molar-refractivity contribution in [1.82, 2.24) is 10.6 Å². The van der Waals surface area contributed by atoms with Gasteiger partial charge in [-0.3, -0.25) is 4.99 Å². The molecule has 0 amide bonds. The Kier molecular flexibility index (Phi) is 9.96. The molecule has 1 unspecified atom stereocenters. The first-order valence-electron chi connectivity index (χ1n) is 11.4. The number of guanidine groups is 1. The molecule has 1 fully saturated rings. The average molecular weight is 559 g/mol. The minimum atomic E-state index is 0. The predicted molar refractivity (Wildman–Crippen MR) is 146 cm³/mol.